The van der Waals surface area contributed by atoms with Crippen LogP contribution in [0.1, 0.15) is 27.9 Å². The summed E-state index contributed by atoms with van der Waals surface area (Å²) >= 11 is 12.8. The Morgan fingerprint density at radius 2 is 1.57 bits per heavy atom. The van der Waals surface area contributed by atoms with Crippen LogP contribution in [0.15, 0.2) is 42.5 Å². The Bertz CT molecular complexity index is 1200. The van der Waals surface area contributed by atoms with Gasteiger partial charge in [-0.3, -0.25) is 19.3 Å². The van der Waals surface area contributed by atoms with Gasteiger partial charge in [0.25, 0.3) is 5.91 Å². The maximum Gasteiger partial charge on any atom is 0.338 e. The maximum atomic E-state index is 13.1. The number of hydrogen-bond acceptors (Lipinski definition) is 5. The minimum atomic E-state index is -0.684. The van der Waals surface area contributed by atoms with Crippen molar-refractivity contribution in [2.75, 3.05) is 16.8 Å². The molecular formula is C26H24Cl2N2O5. The van der Waals surface area contributed by atoms with Gasteiger partial charge in [0.15, 0.2) is 6.61 Å². The number of hydrogen-bond donors (Lipinski definition) is 1. The molecule has 1 heterocycles. The van der Waals surface area contributed by atoms with Gasteiger partial charge in [-0.15, -0.1) is 23.2 Å². The molecule has 3 amide bonds. The molecule has 1 aliphatic heterocycles. The zero-order valence-electron chi connectivity index (χ0n) is 19.2. The molecule has 7 nitrogen and oxygen atoms in total. The number of nitrogens with zero attached hydrogens (tertiary/aromatic N) is 1. The standard InChI is InChI=1S/C26H24Cl2N2O5/c1-12-4-3-5-18(13(12)2)29-19(31)11-35-26(34)14-6-8-15(9-7-14)30-24(32)20-16-10-17(21(20)25(30)33)23(28)22(16)27/h3-9,16-17,20-23H,10-11H2,1-2H3,(H,29,31)/t16-,17-,20-,21-,22+,23+/m1/s1. The van der Waals surface area contributed by atoms with Gasteiger partial charge in [0.05, 0.1) is 33.8 Å². The van der Waals surface area contributed by atoms with Gasteiger partial charge in [0.2, 0.25) is 11.8 Å². The van der Waals surface area contributed by atoms with Crippen molar-refractivity contribution in [3.63, 3.8) is 0 Å². The number of rotatable bonds is 5. The third-order valence-corrected chi connectivity index (χ3v) is 8.88. The molecule has 2 bridgehead atoms. The summed E-state index contributed by atoms with van der Waals surface area (Å²) in [5, 5.41) is 2.10. The third-order valence-electron chi connectivity index (χ3n) is 7.56. The number of benzene rings is 2. The summed E-state index contributed by atoms with van der Waals surface area (Å²) in [6.07, 6.45) is 0.699. The van der Waals surface area contributed by atoms with Crippen LogP contribution in [0.25, 0.3) is 0 Å². The van der Waals surface area contributed by atoms with E-state index in [0.29, 0.717) is 17.8 Å². The number of ether oxygens (including phenoxy) is 1. The molecule has 182 valence electrons. The van der Waals surface area contributed by atoms with Crippen LogP contribution in [-0.2, 0) is 19.1 Å². The van der Waals surface area contributed by atoms with E-state index < -0.39 is 30.3 Å². The van der Waals surface area contributed by atoms with Gasteiger partial charge in [0.1, 0.15) is 0 Å². The summed E-state index contributed by atoms with van der Waals surface area (Å²) in [7, 11) is 0. The number of imide groups is 1. The van der Waals surface area contributed by atoms with E-state index in [2.05, 4.69) is 5.32 Å². The lowest BCUT2D eigenvalue weighted by atomic mass is 9.80. The van der Waals surface area contributed by atoms with E-state index in [0.717, 1.165) is 11.1 Å². The van der Waals surface area contributed by atoms with Crippen LogP contribution in [0.4, 0.5) is 11.4 Å². The van der Waals surface area contributed by atoms with Gasteiger partial charge in [-0.05, 0) is 73.6 Å². The number of esters is 1. The van der Waals surface area contributed by atoms with E-state index >= 15 is 0 Å². The van der Waals surface area contributed by atoms with E-state index in [1.54, 1.807) is 6.07 Å². The van der Waals surface area contributed by atoms with Crippen molar-refractivity contribution in [1.82, 2.24) is 0 Å². The maximum absolute atomic E-state index is 13.1. The summed E-state index contributed by atoms with van der Waals surface area (Å²) in [6.45, 7) is 3.40. The molecule has 1 saturated heterocycles. The second-order valence-electron chi connectivity index (χ2n) is 9.43. The van der Waals surface area contributed by atoms with Crippen LogP contribution in [0.5, 0.6) is 0 Å². The lowest BCUT2D eigenvalue weighted by Crippen LogP contribution is -2.37. The Kier molecular flexibility index (Phi) is 6.09. The molecule has 2 saturated carbocycles. The smallest absolute Gasteiger partial charge is 0.338 e. The molecule has 3 aliphatic rings. The van der Waals surface area contributed by atoms with Crippen LogP contribution < -0.4 is 10.2 Å². The topological polar surface area (TPSA) is 92.8 Å². The Morgan fingerprint density at radius 3 is 2.17 bits per heavy atom. The summed E-state index contributed by atoms with van der Waals surface area (Å²) in [5.41, 5.74) is 3.23. The van der Waals surface area contributed by atoms with Gasteiger partial charge < -0.3 is 10.1 Å². The second-order valence-corrected chi connectivity index (χ2v) is 10.4. The van der Waals surface area contributed by atoms with Gasteiger partial charge in [-0.1, -0.05) is 12.1 Å². The van der Waals surface area contributed by atoms with Gasteiger partial charge >= 0.3 is 5.97 Å². The molecule has 5 rings (SSSR count). The molecule has 3 fully saturated rings. The Balaban J connectivity index is 1.22. The quantitative estimate of drug-likeness (QED) is 0.368. The average molecular weight is 515 g/mol. The van der Waals surface area contributed by atoms with Crippen molar-refractivity contribution in [1.29, 1.82) is 0 Å². The molecular weight excluding hydrogens is 491 g/mol. The largest absolute Gasteiger partial charge is 0.452 e. The van der Waals surface area contributed by atoms with Crippen molar-refractivity contribution in [2.45, 2.75) is 31.0 Å². The fourth-order valence-corrected chi connectivity index (χ4v) is 6.53. The highest BCUT2D eigenvalue weighted by atomic mass is 35.5. The molecule has 2 aromatic carbocycles. The monoisotopic (exact) mass is 514 g/mol. The highest BCUT2D eigenvalue weighted by Gasteiger charge is 2.66. The highest BCUT2D eigenvalue weighted by Crippen LogP contribution is 2.59. The fraction of sp³-hybridized carbons (Fsp3) is 0.385. The zero-order valence-corrected chi connectivity index (χ0v) is 20.7. The van der Waals surface area contributed by atoms with E-state index in [1.807, 2.05) is 26.0 Å². The van der Waals surface area contributed by atoms with Gasteiger partial charge in [-0.2, -0.15) is 0 Å². The van der Waals surface area contributed by atoms with Crippen molar-refractivity contribution in [3.8, 4) is 0 Å². The van der Waals surface area contributed by atoms with Crippen molar-refractivity contribution < 1.29 is 23.9 Å². The SMILES string of the molecule is Cc1cccc(NC(=O)COC(=O)c2ccc(N3C(=O)[C@@H]4[C@H]5C[C@@H]([C@H](Cl)[C@H]5Cl)[C@H]4C3=O)cc2)c1C. The van der Waals surface area contributed by atoms with Crippen molar-refractivity contribution >= 4 is 58.3 Å². The van der Waals surface area contributed by atoms with Gasteiger partial charge in [-0.25, -0.2) is 4.79 Å². The van der Waals surface area contributed by atoms with Crippen molar-refractivity contribution in [3.05, 3.63) is 59.2 Å². The molecule has 35 heavy (non-hydrogen) atoms. The van der Waals surface area contributed by atoms with Crippen LogP contribution in [0.3, 0.4) is 0 Å². The first-order valence-corrected chi connectivity index (χ1v) is 12.4. The lowest BCUT2D eigenvalue weighted by Gasteiger charge is -2.28. The molecule has 6 atom stereocenters. The third kappa shape index (κ3) is 3.91. The number of amides is 3. The number of carbonyl (C=O) groups is 4. The zero-order chi connectivity index (χ0) is 25.0. The Labute approximate surface area is 212 Å². The molecule has 9 heteroatoms. The number of halogens is 2. The van der Waals surface area contributed by atoms with E-state index in [4.69, 9.17) is 27.9 Å². The Hall–Kier alpha value is -2.90. The number of fused-ring (bicyclic) bond motifs is 5. The van der Waals surface area contributed by atoms with Crippen LogP contribution >= 0.6 is 23.2 Å². The summed E-state index contributed by atoms with van der Waals surface area (Å²) in [5.74, 6) is -2.74. The molecule has 0 aromatic heterocycles. The fourth-order valence-electron chi connectivity index (χ4n) is 5.64. The van der Waals surface area contributed by atoms with E-state index in [1.165, 1.54) is 29.2 Å². The second kappa shape index (κ2) is 8.95. The number of carbonyl (C=O) groups excluding carboxylic acids is 4. The minimum Gasteiger partial charge on any atom is -0.452 e. The lowest BCUT2D eigenvalue weighted by molar-refractivity contribution is -0.123. The molecule has 0 radical (unpaired) electrons. The summed E-state index contributed by atoms with van der Waals surface area (Å²) < 4.78 is 5.13. The minimum absolute atomic E-state index is 0.0976. The number of aryl methyl sites for hydroxylation is 1. The predicted octanol–water partition coefficient (Wildman–Crippen LogP) is 4.07. The Morgan fingerprint density at radius 1 is 0.971 bits per heavy atom. The number of anilines is 2. The first-order valence-electron chi connectivity index (χ1n) is 11.5. The van der Waals surface area contributed by atoms with Crippen LogP contribution in [0.2, 0.25) is 0 Å². The van der Waals surface area contributed by atoms with Gasteiger partial charge in [0, 0.05) is 5.69 Å². The average Bonchev–Trinajstić information content (AvgIpc) is 3.45. The molecule has 1 N–H and O–H groups in total. The molecule has 0 unspecified atom stereocenters. The molecule has 2 aliphatic carbocycles. The molecule has 0 spiro atoms. The first kappa shape index (κ1) is 23.8. The highest BCUT2D eigenvalue weighted by molar-refractivity contribution is 6.32. The van der Waals surface area contributed by atoms with Crippen LogP contribution in [0, 0.1) is 37.5 Å². The normalized spacial score (nSPS) is 28.9. The van der Waals surface area contributed by atoms with E-state index in [-0.39, 0.29) is 40.0 Å². The van der Waals surface area contributed by atoms with Crippen LogP contribution in [-0.4, -0.2) is 41.1 Å². The predicted molar refractivity (Wildman–Crippen MR) is 132 cm³/mol. The summed E-state index contributed by atoms with van der Waals surface area (Å²) in [4.78, 5) is 52.0. The molecule has 2 aromatic rings. The van der Waals surface area contributed by atoms with E-state index in [9.17, 15) is 19.2 Å². The van der Waals surface area contributed by atoms with Crippen molar-refractivity contribution in [2.24, 2.45) is 23.7 Å². The number of alkyl halides is 2. The first-order chi connectivity index (χ1) is 16.7. The number of nitrogens with one attached hydrogen (secondary N) is 1. The summed E-state index contributed by atoms with van der Waals surface area (Å²) in [6, 6.07) is 11.6.